The van der Waals surface area contributed by atoms with Crippen LogP contribution in [0.1, 0.15) is 24.0 Å². The Balaban J connectivity index is 2.33. The Morgan fingerprint density at radius 2 is 1.29 bits per heavy atom. The number of rotatable bonds is 3. The maximum atomic E-state index is 6.29. The lowest BCUT2D eigenvalue weighted by molar-refractivity contribution is 0.387. The monoisotopic (exact) mass is 226 g/mol. The van der Waals surface area contributed by atoms with E-state index >= 15 is 0 Å². The standard InChI is InChI=1S/C15H18N2/c1-12(13-8-4-2-5-9-13)15(16,17)14-10-6-3-7-11-14/h2-12H,16-17H2,1H3. The number of nitrogens with two attached hydrogens (primary N) is 2. The van der Waals surface area contributed by atoms with Crippen LogP contribution in [0.5, 0.6) is 0 Å². The molecule has 0 saturated carbocycles. The summed E-state index contributed by atoms with van der Waals surface area (Å²) >= 11 is 0. The lowest BCUT2D eigenvalue weighted by Gasteiger charge is -2.32. The minimum atomic E-state index is -0.845. The minimum Gasteiger partial charge on any atom is -0.309 e. The molecule has 0 radical (unpaired) electrons. The second-order valence-electron chi connectivity index (χ2n) is 4.43. The summed E-state index contributed by atoms with van der Waals surface area (Å²) < 4.78 is 0. The van der Waals surface area contributed by atoms with Gasteiger partial charge in [0.25, 0.3) is 0 Å². The number of hydrogen-bond donors (Lipinski definition) is 2. The van der Waals surface area contributed by atoms with Crippen LogP contribution in [0.3, 0.4) is 0 Å². The molecule has 0 aliphatic heterocycles. The molecule has 88 valence electrons. The predicted molar refractivity (Wildman–Crippen MR) is 71.4 cm³/mol. The molecule has 0 aliphatic rings. The summed E-state index contributed by atoms with van der Waals surface area (Å²) in [5.41, 5.74) is 13.8. The molecule has 2 heteroatoms. The molecule has 1 atom stereocenters. The fraction of sp³-hybridized carbons (Fsp3) is 0.200. The molecule has 0 aromatic heterocycles. The SMILES string of the molecule is CC(c1ccccc1)C(N)(N)c1ccccc1. The molecule has 0 fully saturated rings. The van der Waals surface area contributed by atoms with E-state index in [1.54, 1.807) is 0 Å². The summed E-state index contributed by atoms with van der Waals surface area (Å²) in [5, 5.41) is 0. The molecule has 0 spiro atoms. The highest BCUT2D eigenvalue weighted by Gasteiger charge is 2.30. The van der Waals surface area contributed by atoms with Gasteiger partial charge in [-0.2, -0.15) is 0 Å². The molecule has 0 bridgehead atoms. The molecular formula is C15H18N2. The molecule has 2 rings (SSSR count). The van der Waals surface area contributed by atoms with Crippen LogP contribution >= 0.6 is 0 Å². The van der Waals surface area contributed by atoms with Crippen molar-refractivity contribution in [2.24, 2.45) is 11.5 Å². The van der Waals surface area contributed by atoms with E-state index in [0.717, 1.165) is 11.1 Å². The van der Waals surface area contributed by atoms with E-state index in [1.165, 1.54) is 0 Å². The molecule has 0 saturated heterocycles. The summed E-state index contributed by atoms with van der Waals surface area (Å²) in [6.07, 6.45) is 0. The van der Waals surface area contributed by atoms with Crippen LogP contribution in [-0.2, 0) is 5.66 Å². The third-order valence-electron chi connectivity index (χ3n) is 3.29. The van der Waals surface area contributed by atoms with Gasteiger partial charge in [0.1, 0.15) is 0 Å². The normalized spacial score (nSPS) is 13.4. The highest BCUT2D eigenvalue weighted by molar-refractivity contribution is 5.30. The Kier molecular flexibility index (Phi) is 3.27. The summed E-state index contributed by atoms with van der Waals surface area (Å²) in [4.78, 5) is 0. The molecule has 0 heterocycles. The van der Waals surface area contributed by atoms with Crippen molar-refractivity contribution in [2.75, 3.05) is 0 Å². The highest BCUT2D eigenvalue weighted by atomic mass is 15.0. The van der Waals surface area contributed by atoms with Crippen LogP contribution in [0.25, 0.3) is 0 Å². The van der Waals surface area contributed by atoms with E-state index in [2.05, 4.69) is 19.1 Å². The van der Waals surface area contributed by atoms with E-state index in [0.29, 0.717) is 0 Å². The zero-order chi connectivity index (χ0) is 12.3. The molecular weight excluding hydrogens is 208 g/mol. The molecule has 2 aromatic rings. The minimum absolute atomic E-state index is 0.0612. The zero-order valence-corrected chi connectivity index (χ0v) is 10.0. The van der Waals surface area contributed by atoms with E-state index in [-0.39, 0.29) is 5.92 Å². The summed E-state index contributed by atoms with van der Waals surface area (Å²) in [6.45, 7) is 2.06. The van der Waals surface area contributed by atoms with Crippen molar-refractivity contribution in [1.29, 1.82) is 0 Å². The molecule has 1 unspecified atom stereocenters. The summed E-state index contributed by atoms with van der Waals surface area (Å²) in [6, 6.07) is 20.0. The van der Waals surface area contributed by atoms with Crippen LogP contribution in [0.2, 0.25) is 0 Å². The second kappa shape index (κ2) is 4.70. The van der Waals surface area contributed by atoms with Crippen molar-refractivity contribution in [1.82, 2.24) is 0 Å². The predicted octanol–water partition coefficient (Wildman–Crippen LogP) is 2.56. The average molecular weight is 226 g/mol. The number of hydrogen-bond acceptors (Lipinski definition) is 2. The van der Waals surface area contributed by atoms with Crippen molar-refractivity contribution in [3.05, 3.63) is 71.8 Å². The first-order chi connectivity index (χ1) is 8.12. The maximum Gasteiger partial charge on any atom is 0.0966 e. The van der Waals surface area contributed by atoms with Gasteiger partial charge in [-0.3, -0.25) is 0 Å². The molecule has 2 aromatic carbocycles. The molecule has 0 aliphatic carbocycles. The van der Waals surface area contributed by atoms with Gasteiger partial charge in [-0.15, -0.1) is 0 Å². The van der Waals surface area contributed by atoms with Gasteiger partial charge in [-0.25, -0.2) is 0 Å². The van der Waals surface area contributed by atoms with Gasteiger partial charge >= 0.3 is 0 Å². The van der Waals surface area contributed by atoms with Crippen molar-refractivity contribution in [3.8, 4) is 0 Å². The lowest BCUT2D eigenvalue weighted by Crippen LogP contribution is -2.50. The molecule has 17 heavy (non-hydrogen) atoms. The van der Waals surface area contributed by atoms with Crippen LogP contribution in [0.4, 0.5) is 0 Å². The zero-order valence-electron chi connectivity index (χ0n) is 10.0. The average Bonchev–Trinajstić information content (AvgIpc) is 2.40. The van der Waals surface area contributed by atoms with Gasteiger partial charge in [-0.05, 0) is 11.1 Å². The molecule has 4 N–H and O–H groups in total. The molecule has 0 amide bonds. The fourth-order valence-corrected chi connectivity index (χ4v) is 1.99. The quantitative estimate of drug-likeness (QED) is 0.790. The summed E-state index contributed by atoms with van der Waals surface area (Å²) in [5.74, 6) is 0.0612. The smallest absolute Gasteiger partial charge is 0.0966 e. The van der Waals surface area contributed by atoms with Gasteiger partial charge < -0.3 is 11.5 Å². The fourth-order valence-electron chi connectivity index (χ4n) is 1.99. The lowest BCUT2D eigenvalue weighted by atomic mass is 9.84. The van der Waals surface area contributed by atoms with E-state index in [1.807, 2.05) is 48.5 Å². The summed E-state index contributed by atoms with van der Waals surface area (Å²) in [7, 11) is 0. The Hall–Kier alpha value is -1.64. The van der Waals surface area contributed by atoms with Crippen molar-refractivity contribution >= 4 is 0 Å². The van der Waals surface area contributed by atoms with Crippen molar-refractivity contribution in [3.63, 3.8) is 0 Å². The Morgan fingerprint density at radius 1 is 0.824 bits per heavy atom. The number of benzene rings is 2. The van der Waals surface area contributed by atoms with Crippen LogP contribution in [0.15, 0.2) is 60.7 Å². The van der Waals surface area contributed by atoms with Crippen molar-refractivity contribution < 1.29 is 0 Å². The van der Waals surface area contributed by atoms with Gasteiger partial charge in [0.05, 0.1) is 5.66 Å². The third kappa shape index (κ3) is 2.38. The van der Waals surface area contributed by atoms with Gasteiger partial charge in [0.2, 0.25) is 0 Å². The first kappa shape index (κ1) is 11.8. The van der Waals surface area contributed by atoms with Gasteiger partial charge in [-0.1, -0.05) is 67.6 Å². The maximum absolute atomic E-state index is 6.29. The Morgan fingerprint density at radius 3 is 1.82 bits per heavy atom. The van der Waals surface area contributed by atoms with Crippen LogP contribution in [-0.4, -0.2) is 0 Å². The van der Waals surface area contributed by atoms with E-state index in [4.69, 9.17) is 11.5 Å². The Bertz CT molecular complexity index is 463. The first-order valence-electron chi connectivity index (χ1n) is 5.80. The van der Waals surface area contributed by atoms with Crippen LogP contribution in [0, 0.1) is 0 Å². The van der Waals surface area contributed by atoms with Gasteiger partial charge in [0.15, 0.2) is 0 Å². The topological polar surface area (TPSA) is 52.0 Å². The Labute approximate surface area is 102 Å². The first-order valence-corrected chi connectivity index (χ1v) is 5.80. The van der Waals surface area contributed by atoms with Crippen molar-refractivity contribution in [2.45, 2.75) is 18.5 Å². The van der Waals surface area contributed by atoms with E-state index in [9.17, 15) is 0 Å². The third-order valence-corrected chi connectivity index (χ3v) is 3.29. The van der Waals surface area contributed by atoms with Gasteiger partial charge in [0, 0.05) is 5.92 Å². The largest absolute Gasteiger partial charge is 0.309 e. The van der Waals surface area contributed by atoms with E-state index < -0.39 is 5.66 Å². The second-order valence-corrected chi connectivity index (χ2v) is 4.43. The van der Waals surface area contributed by atoms with Crippen LogP contribution < -0.4 is 11.5 Å². The highest BCUT2D eigenvalue weighted by Crippen LogP contribution is 2.29. The molecule has 2 nitrogen and oxygen atoms in total.